The summed E-state index contributed by atoms with van der Waals surface area (Å²) in [4.78, 5) is 46.4. The van der Waals surface area contributed by atoms with Crippen LogP contribution in [0.1, 0.15) is 24.6 Å². The fraction of sp³-hybridized carbons (Fsp3) is 0.412. The number of imidazole rings is 1. The topological polar surface area (TPSA) is 98.4 Å². The number of carbonyl (C=O) groups excluding carboxylic acids is 3. The maximum absolute atomic E-state index is 12.5. The van der Waals surface area contributed by atoms with Crippen molar-refractivity contribution in [2.24, 2.45) is 0 Å². The van der Waals surface area contributed by atoms with Crippen LogP contribution in [-0.2, 0) is 9.59 Å². The first-order valence-corrected chi connectivity index (χ1v) is 8.42. The number of amides is 4. The number of hydrogen-bond acceptors (Lipinski definition) is 4. The van der Waals surface area contributed by atoms with Crippen LogP contribution in [0.25, 0.3) is 11.0 Å². The van der Waals surface area contributed by atoms with Crippen molar-refractivity contribution < 1.29 is 14.4 Å². The number of aromatic nitrogens is 2. The molecule has 2 aliphatic rings. The van der Waals surface area contributed by atoms with Crippen molar-refractivity contribution >= 4 is 28.9 Å². The number of benzene rings is 1. The molecule has 2 aliphatic heterocycles. The third-order valence-electron chi connectivity index (χ3n) is 4.80. The molecule has 2 N–H and O–H groups in total. The van der Waals surface area contributed by atoms with Gasteiger partial charge in [-0.1, -0.05) is 12.1 Å². The molecule has 4 amide bonds. The molecule has 2 fully saturated rings. The molecule has 1 unspecified atom stereocenters. The van der Waals surface area contributed by atoms with Crippen LogP contribution in [0.3, 0.4) is 0 Å². The van der Waals surface area contributed by atoms with E-state index in [1.54, 1.807) is 4.90 Å². The van der Waals surface area contributed by atoms with Crippen LogP contribution < -0.4 is 5.32 Å². The van der Waals surface area contributed by atoms with Crippen LogP contribution in [0, 0.1) is 0 Å². The maximum atomic E-state index is 12.5. The van der Waals surface area contributed by atoms with Crippen LogP contribution in [0.2, 0.25) is 0 Å². The van der Waals surface area contributed by atoms with Gasteiger partial charge < -0.3 is 15.2 Å². The zero-order valence-electron chi connectivity index (χ0n) is 13.7. The molecule has 0 aliphatic carbocycles. The Morgan fingerprint density at radius 1 is 1.28 bits per heavy atom. The molecule has 0 spiro atoms. The van der Waals surface area contributed by atoms with E-state index < -0.39 is 6.03 Å². The molecule has 0 radical (unpaired) electrons. The highest BCUT2D eigenvalue weighted by Gasteiger charge is 2.33. The van der Waals surface area contributed by atoms with E-state index in [0.717, 1.165) is 34.6 Å². The van der Waals surface area contributed by atoms with Crippen LogP contribution >= 0.6 is 0 Å². The molecule has 1 aromatic carbocycles. The quantitative estimate of drug-likeness (QED) is 0.808. The molecule has 0 saturated carbocycles. The van der Waals surface area contributed by atoms with Gasteiger partial charge in [-0.2, -0.15) is 0 Å². The van der Waals surface area contributed by atoms with Gasteiger partial charge in [0.15, 0.2) is 0 Å². The molecule has 1 aromatic heterocycles. The van der Waals surface area contributed by atoms with Crippen LogP contribution in [0.15, 0.2) is 24.3 Å². The Morgan fingerprint density at radius 3 is 2.88 bits per heavy atom. The number of para-hydroxylation sites is 2. The third kappa shape index (κ3) is 2.95. The first kappa shape index (κ1) is 15.6. The summed E-state index contributed by atoms with van der Waals surface area (Å²) in [5.41, 5.74) is 1.90. The SMILES string of the molecule is O=C(CN1C(=O)CNC1=O)N1CCCC(c2nc3ccccc3[nH]2)C1. The summed E-state index contributed by atoms with van der Waals surface area (Å²) in [5.74, 6) is 0.456. The number of piperidine rings is 1. The van der Waals surface area contributed by atoms with Crippen molar-refractivity contribution in [1.82, 2.24) is 25.1 Å². The van der Waals surface area contributed by atoms with E-state index in [1.165, 1.54) is 0 Å². The lowest BCUT2D eigenvalue weighted by molar-refractivity contribution is -0.137. The van der Waals surface area contributed by atoms with Gasteiger partial charge in [-0.25, -0.2) is 9.78 Å². The van der Waals surface area contributed by atoms with Gasteiger partial charge >= 0.3 is 6.03 Å². The first-order chi connectivity index (χ1) is 12.1. The van der Waals surface area contributed by atoms with E-state index in [0.29, 0.717) is 13.1 Å². The number of hydrogen-bond donors (Lipinski definition) is 2. The highest BCUT2D eigenvalue weighted by atomic mass is 16.2. The van der Waals surface area contributed by atoms with E-state index in [9.17, 15) is 14.4 Å². The average Bonchev–Trinajstić information content (AvgIpc) is 3.20. The smallest absolute Gasteiger partial charge is 0.325 e. The number of nitrogens with zero attached hydrogens (tertiary/aromatic N) is 3. The molecular formula is C17H19N5O3. The first-order valence-electron chi connectivity index (χ1n) is 8.42. The van der Waals surface area contributed by atoms with E-state index in [4.69, 9.17) is 0 Å². The second kappa shape index (κ2) is 6.19. The number of carbonyl (C=O) groups is 3. The average molecular weight is 341 g/mol. The van der Waals surface area contributed by atoms with Crippen molar-refractivity contribution in [2.75, 3.05) is 26.2 Å². The van der Waals surface area contributed by atoms with Crippen molar-refractivity contribution in [1.29, 1.82) is 0 Å². The molecular weight excluding hydrogens is 322 g/mol. The fourth-order valence-electron chi connectivity index (χ4n) is 3.44. The van der Waals surface area contributed by atoms with Gasteiger partial charge in [-0.3, -0.25) is 14.5 Å². The van der Waals surface area contributed by atoms with E-state index in [2.05, 4.69) is 15.3 Å². The molecule has 25 heavy (non-hydrogen) atoms. The summed E-state index contributed by atoms with van der Waals surface area (Å²) in [6.07, 6.45) is 1.82. The molecule has 2 aromatic rings. The Bertz CT molecular complexity index is 797. The number of likely N-dealkylation sites (tertiary alicyclic amines) is 1. The number of H-pyrrole nitrogens is 1. The second-order valence-corrected chi connectivity index (χ2v) is 6.46. The van der Waals surface area contributed by atoms with Gasteiger partial charge in [-0.05, 0) is 25.0 Å². The standard InChI is InChI=1S/C17H19N5O3/c23-14-8-18-17(25)22(14)10-15(24)21-7-3-4-11(9-21)16-19-12-5-1-2-6-13(12)20-16/h1-2,5-6,11H,3-4,7-10H2,(H,18,25)(H,19,20). The highest BCUT2D eigenvalue weighted by Crippen LogP contribution is 2.26. The number of urea groups is 1. The lowest BCUT2D eigenvalue weighted by Crippen LogP contribution is -2.46. The minimum Gasteiger partial charge on any atom is -0.342 e. The Hall–Kier alpha value is -2.90. The Labute approximate surface area is 144 Å². The molecule has 8 heteroatoms. The van der Waals surface area contributed by atoms with Crippen molar-refractivity contribution in [3.63, 3.8) is 0 Å². The van der Waals surface area contributed by atoms with E-state index in [1.807, 2.05) is 24.3 Å². The number of rotatable bonds is 3. The zero-order valence-corrected chi connectivity index (χ0v) is 13.7. The largest absolute Gasteiger partial charge is 0.342 e. The monoisotopic (exact) mass is 341 g/mol. The molecule has 130 valence electrons. The summed E-state index contributed by atoms with van der Waals surface area (Å²) in [6.45, 7) is 0.951. The predicted octanol–water partition coefficient (Wildman–Crippen LogP) is 0.821. The molecule has 8 nitrogen and oxygen atoms in total. The normalized spacial score (nSPS) is 21.0. The Kier molecular flexibility index (Phi) is 3.87. The fourth-order valence-corrected chi connectivity index (χ4v) is 3.44. The number of nitrogens with one attached hydrogen (secondary N) is 2. The van der Waals surface area contributed by atoms with Crippen molar-refractivity contribution in [3.8, 4) is 0 Å². The van der Waals surface area contributed by atoms with E-state index in [-0.39, 0.29) is 30.8 Å². The summed E-state index contributed by atoms with van der Waals surface area (Å²) >= 11 is 0. The minimum absolute atomic E-state index is 0.0340. The number of fused-ring (bicyclic) bond motifs is 1. The van der Waals surface area contributed by atoms with Crippen LogP contribution in [0.4, 0.5) is 4.79 Å². The number of aromatic amines is 1. The summed E-state index contributed by atoms with van der Waals surface area (Å²) < 4.78 is 0. The highest BCUT2D eigenvalue weighted by molar-refractivity contribution is 6.04. The summed E-state index contributed by atoms with van der Waals surface area (Å²) in [7, 11) is 0. The molecule has 0 bridgehead atoms. The second-order valence-electron chi connectivity index (χ2n) is 6.46. The van der Waals surface area contributed by atoms with E-state index >= 15 is 0 Å². The maximum Gasteiger partial charge on any atom is 0.325 e. The summed E-state index contributed by atoms with van der Waals surface area (Å²) in [6, 6.07) is 7.35. The minimum atomic E-state index is -0.496. The predicted molar refractivity (Wildman–Crippen MR) is 89.8 cm³/mol. The third-order valence-corrected chi connectivity index (χ3v) is 4.80. The van der Waals surface area contributed by atoms with Crippen LogP contribution in [0.5, 0.6) is 0 Å². The summed E-state index contributed by atoms with van der Waals surface area (Å²) in [5, 5.41) is 2.43. The molecule has 1 atom stereocenters. The molecule has 4 rings (SSSR count). The lowest BCUT2D eigenvalue weighted by atomic mass is 9.97. The Balaban J connectivity index is 1.46. The lowest BCUT2D eigenvalue weighted by Gasteiger charge is -2.32. The molecule has 2 saturated heterocycles. The van der Waals surface area contributed by atoms with Gasteiger partial charge in [0, 0.05) is 19.0 Å². The van der Waals surface area contributed by atoms with Gasteiger partial charge in [0.1, 0.15) is 12.4 Å². The van der Waals surface area contributed by atoms with Gasteiger partial charge in [0.2, 0.25) is 5.91 Å². The molecule has 3 heterocycles. The number of imide groups is 1. The zero-order chi connectivity index (χ0) is 17.4. The van der Waals surface area contributed by atoms with Gasteiger partial charge in [-0.15, -0.1) is 0 Å². The van der Waals surface area contributed by atoms with Crippen molar-refractivity contribution in [3.05, 3.63) is 30.1 Å². The van der Waals surface area contributed by atoms with Crippen LogP contribution in [-0.4, -0.2) is 63.8 Å². The van der Waals surface area contributed by atoms with Gasteiger partial charge in [0.25, 0.3) is 5.91 Å². The van der Waals surface area contributed by atoms with Gasteiger partial charge in [0.05, 0.1) is 17.6 Å². The van der Waals surface area contributed by atoms with Crippen molar-refractivity contribution in [2.45, 2.75) is 18.8 Å². The Morgan fingerprint density at radius 2 is 2.12 bits per heavy atom.